The molecule has 1 aromatic rings. The van der Waals surface area contributed by atoms with E-state index in [1.807, 2.05) is 0 Å². The van der Waals surface area contributed by atoms with Gasteiger partial charge in [0.25, 0.3) is 5.91 Å². The van der Waals surface area contributed by atoms with Gasteiger partial charge < -0.3 is 5.32 Å². The molecule has 1 heterocycles. The van der Waals surface area contributed by atoms with Crippen molar-refractivity contribution in [3.63, 3.8) is 0 Å². The molecule has 0 radical (unpaired) electrons. The molecule has 1 atom stereocenters. The third-order valence-corrected chi connectivity index (χ3v) is 3.02. The average Bonchev–Trinajstić information content (AvgIpc) is 2.62. The molecule has 0 fully saturated rings. The molecule has 0 saturated heterocycles. The Bertz CT molecular complexity index is 381. The molecular weight excluding hydrogens is 238 g/mol. The summed E-state index contributed by atoms with van der Waals surface area (Å²) in [5, 5.41) is 7.00. The maximum Gasteiger partial charge on any atom is 0.269 e. The quantitative estimate of drug-likeness (QED) is 0.841. The summed E-state index contributed by atoms with van der Waals surface area (Å²) in [5.41, 5.74) is 0.553. The number of carbonyl (C=O) groups excluding carboxylic acids is 1. The maximum absolute atomic E-state index is 12.0. The molecule has 0 aliphatic carbocycles. The van der Waals surface area contributed by atoms with Gasteiger partial charge >= 0.3 is 0 Å². The van der Waals surface area contributed by atoms with Gasteiger partial charge in [0.05, 0.1) is 0 Å². The van der Waals surface area contributed by atoms with E-state index in [-0.39, 0.29) is 17.4 Å². The van der Waals surface area contributed by atoms with Crippen molar-refractivity contribution in [1.82, 2.24) is 15.1 Å². The Hall–Kier alpha value is -1.03. The summed E-state index contributed by atoms with van der Waals surface area (Å²) in [6, 6.07) is 1.76. The minimum absolute atomic E-state index is 0.0108. The fourth-order valence-corrected chi connectivity index (χ4v) is 1.88. The second kappa shape index (κ2) is 5.54. The predicted molar refractivity (Wildman–Crippen MR) is 69.3 cm³/mol. The zero-order chi connectivity index (χ0) is 13.1. The van der Waals surface area contributed by atoms with Gasteiger partial charge in [-0.1, -0.05) is 20.8 Å². The van der Waals surface area contributed by atoms with Crippen LogP contribution in [0, 0.1) is 5.41 Å². The van der Waals surface area contributed by atoms with Crippen molar-refractivity contribution in [2.75, 3.05) is 5.88 Å². The summed E-state index contributed by atoms with van der Waals surface area (Å²) in [6.45, 7) is 6.27. The third-order valence-electron chi connectivity index (χ3n) is 2.80. The first-order valence-corrected chi connectivity index (χ1v) is 6.24. The standard InChI is InChI=1S/C12H20ClN3O/c1-12(2,3)10(5-7-13)15-11(17)9-6-8-14-16(9)4/h6,8,10H,5,7H2,1-4H3,(H,15,17). The lowest BCUT2D eigenvalue weighted by atomic mass is 9.85. The Morgan fingerprint density at radius 3 is 2.65 bits per heavy atom. The van der Waals surface area contributed by atoms with Crippen LogP contribution in [0.1, 0.15) is 37.7 Å². The van der Waals surface area contributed by atoms with Crippen LogP contribution in [-0.2, 0) is 7.05 Å². The van der Waals surface area contributed by atoms with Crippen molar-refractivity contribution in [3.05, 3.63) is 18.0 Å². The lowest BCUT2D eigenvalue weighted by Crippen LogP contribution is -2.44. The summed E-state index contributed by atoms with van der Waals surface area (Å²) in [5.74, 6) is 0.434. The molecule has 0 aromatic carbocycles. The molecule has 0 spiro atoms. The number of hydrogen-bond donors (Lipinski definition) is 1. The highest BCUT2D eigenvalue weighted by atomic mass is 35.5. The lowest BCUT2D eigenvalue weighted by Gasteiger charge is -2.31. The number of aryl methyl sites for hydroxylation is 1. The first-order valence-electron chi connectivity index (χ1n) is 5.71. The van der Waals surface area contributed by atoms with E-state index in [0.717, 1.165) is 6.42 Å². The number of aromatic nitrogens is 2. The van der Waals surface area contributed by atoms with Crippen molar-refractivity contribution in [3.8, 4) is 0 Å². The molecule has 1 amide bonds. The Labute approximate surface area is 107 Å². The summed E-state index contributed by atoms with van der Waals surface area (Å²) >= 11 is 5.77. The second-order valence-corrected chi connectivity index (χ2v) is 5.59. The number of amides is 1. The van der Waals surface area contributed by atoms with E-state index in [0.29, 0.717) is 11.6 Å². The topological polar surface area (TPSA) is 46.9 Å². The van der Waals surface area contributed by atoms with Crippen molar-refractivity contribution in [2.45, 2.75) is 33.2 Å². The normalized spacial score (nSPS) is 13.5. The highest BCUT2D eigenvalue weighted by molar-refractivity contribution is 6.17. The van der Waals surface area contributed by atoms with Gasteiger partial charge in [0.2, 0.25) is 0 Å². The number of hydrogen-bond acceptors (Lipinski definition) is 2. The molecule has 4 nitrogen and oxygen atoms in total. The number of carbonyl (C=O) groups is 1. The van der Waals surface area contributed by atoms with Crippen molar-refractivity contribution in [2.24, 2.45) is 12.5 Å². The summed E-state index contributed by atoms with van der Waals surface area (Å²) in [7, 11) is 1.75. The van der Waals surface area contributed by atoms with E-state index in [2.05, 4.69) is 31.2 Å². The highest BCUT2D eigenvalue weighted by Crippen LogP contribution is 2.22. The van der Waals surface area contributed by atoms with Crippen LogP contribution in [-0.4, -0.2) is 27.6 Å². The van der Waals surface area contributed by atoms with Crippen LogP contribution in [0.25, 0.3) is 0 Å². The van der Waals surface area contributed by atoms with E-state index < -0.39 is 0 Å². The summed E-state index contributed by atoms with van der Waals surface area (Å²) < 4.78 is 1.57. The van der Waals surface area contributed by atoms with Gasteiger partial charge in [-0.2, -0.15) is 5.10 Å². The van der Waals surface area contributed by atoms with Gasteiger partial charge in [0.1, 0.15) is 5.69 Å². The Kier molecular flexibility index (Phi) is 4.57. The van der Waals surface area contributed by atoms with Crippen LogP contribution in [0.15, 0.2) is 12.3 Å². The number of alkyl halides is 1. The third kappa shape index (κ3) is 3.73. The monoisotopic (exact) mass is 257 g/mol. The smallest absolute Gasteiger partial charge is 0.269 e. The molecule has 0 aliphatic heterocycles. The summed E-state index contributed by atoms with van der Waals surface area (Å²) in [6.07, 6.45) is 2.37. The van der Waals surface area contributed by atoms with Crippen LogP contribution in [0.2, 0.25) is 0 Å². The first-order chi connectivity index (χ1) is 7.86. The maximum atomic E-state index is 12.0. The average molecular weight is 258 g/mol. The van der Waals surface area contributed by atoms with E-state index in [1.165, 1.54) is 0 Å². The molecule has 0 aliphatic rings. The van der Waals surface area contributed by atoms with Crippen LogP contribution >= 0.6 is 11.6 Å². The Morgan fingerprint density at radius 1 is 1.59 bits per heavy atom. The second-order valence-electron chi connectivity index (χ2n) is 5.21. The van der Waals surface area contributed by atoms with Gasteiger partial charge in [0, 0.05) is 25.2 Å². The van der Waals surface area contributed by atoms with E-state index >= 15 is 0 Å². The van der Waals surface area contributed by atoms with Crippen molar-refractivity contribution >= 4 is 17.5 Å². The van der Waals surface area contributed by atoms with Gasteiger partial charge in [0.15, 0.2) is 0 Å². The SMILES string of the molecule is Cn1nccc1C(=O)NC(CCCl)C(C)(C)C. The van der Waals surface area contributed by atoms with E-state index in [9.17, 15) is 4.79 Å². The molecule has 1 unspecified atom stereocenters. The van der Waals surface area contributed by atoms with E-state index in [4.69, 9.17) is 11.6 Å². The molecule has 0 saturated carbocycles. The first kappa shape index (κ1) is 14.0. The largest absolute Gasteiger partial charge is 0.347 e. The molecule has 1 N–H and O–H groups in total. The molecule has 17 heavy (non-hydrogen) atoms. The minimum atomic E-state index is -0.102. The van der Waals surface area contributed by atoms with E-state index in [1.54, 1.807) is 24.0 Å². The van der Waals surface area contributed by atoms with Crippen molar-refractivity contribution in [1.29, 1.82) is 0 Å². The van der Waals surface area contributed by atoms with Crippen LogP contribution < -0.4 is 5.32 Å². The number of nitrogens with zero attached hydrogens (tertiary/aromatic N) is 2. The zero-order valence-corrected chi connectivity index (χ0v) is 11.6. The number of rotatable bonds is 4. The Morgan fingerprint density at radius 2 is 2.24 bits per heavy atom. The molecular formula is C12H20ClN3O. The lowest BCUT2D eigenvalue weighted by molar-refractivity contribution is 0.0891. The van der Waals surface area contributed by atoms with Gasteiger partial charge in [-0.3, -0.25) is 9.48 Å². The molecule has 5 heteroatoms. The summed E-state index contributed by atoms with van der Waals surface area (Å²) in [4.78, 5) is 12.0. The molecule has 0 bridgehead atoms. The molecule has 1 aromatic heterocycles. The highest BCUT2D eigenvalue weighted by Gasteiger charge is 2.26. The van der Waals surface area contributed by atoms with Crippen LogP contribution in [0.5, 0.6) is 0 Å². The molecule has 96 valence electrons. The van der Waals surface area contributed by atoms with Gasteiger partial charge in [-0.05, 0) is 17.9 Å². The van der Waals surface area contributed by atoms with Crippen molar-refractivity contribution < 1.29 is 4.79 Å². The minimum Gasteiger partial charge on any atom is -0.347 e. The van der Waals surface area contributed by atoms with Crippen LogP contribution in [0.3, 0.4) is 0 Å². The van der Waals surface area contributed by atoms with Crippen LogP contribution in [0.4, 0.5) is 0 Å². The number of halogens is 1. The molecule has 1 rings (SSSR count). The fraction of sp³-hybridized carbons (Fsp3) is 0.667. The zero-order valence-electron chi connectivity index (χ0n) is 10.8. The fourth-order valence-electron chi connectivity index (χ4n) is 1.66. The predicted octanol–water partition coefficient (Wildman–Crippen LogP) is 2.19. The Balaban J connectivity index is 2.75. The van der Waals surface area contributed by atoms with Gasteiger partial charge in [-0.15, -0.1) is 11.6 Å². The number of nitrogens with one attached hydrogen (secondary N) is 1. The van der Waals surface area contributed by atoms with Gasteiger partial charge in [-0.25, -0.2) is 0 Å².